The molecule has 0 spiro atoms. The van der Waals surface area contributed by atoms with Gasteiger partial charge in [-0.3, -0.25) is 4.79 Å². The van der Waals surface area contributed by atoms with Crippen molar-refractivity contribution in [2.24, 2.45) is 0 Å². The molecule has 2 fully saturated rings. The molecule has 0 bridgehead atoms. The van der Waals surface area contributed by atoms with Crippen LogP contribution in [0, 0.1) is 0 Å². The number of hydrogen-bond acceptors (Lipinski definition) is 3. The van der Waals surface area contributed by atoms with Crippen LogP contribution in [0.15, 0.2) is 24.3 Å². The van der Waals surface area contributed by atoms with Crippen molar-refractivity contribution in [2.75, 3.05) is 32.8 Å². The van der Waals surface area contributed by atoms with E-state index in [-0.39, 0.29) is 12.0 Å². The van der Waals surface area contributed by atoms with Gasteiger partial charge in [-0.2, -0.15) is 0 Å². The maximum atomic E-state index is 13.4. The van der Waals surface area contributed by atoms with E-state index in [2.05, 4.69) is 0 Å². The Morgan fingerprint density at radius 1 is 1.04 bits per heavy atom. The van der Waals surface area contributed by atoms with Gasteiger partial charge in [0.05, 0.1) is 12.0 Å². The van der Waals surface area contributed by atoms with Crippen molar-refractivity contribution in [2.45, 2.75) is 38.0 Å². The Kier molecular flexibility index (Phi) is 5.52. The molecule has 1 aliphatic heterocycles. The van der Waals surface area contributed by atoms with Gasteiger partial charge in [0.2, 0.25) is 5.91 Å². The van der Waals surface area contributed by atoms with Gasteiger partial charge in [-0.25, -0.2) is 4.79 Å². The molecule has 5 nitrogen and oxygen atoms in total. The van der Waals surface area contributed by atoms with Crippen molar-refractivity contribution >= 4 is 23.6 Å². The molecule has 0 N–H and O–H groups in total. The number of ether oxygens (including phenoxy) is 1. The molecule has 1 saturated carbocycles. The van der Waals surface area contributed by atoms with Gasteiger partial charge in [-0.05, 0) is 37.5 Å². The third-order valence-electron chi connectivity index (χ3n) is 5.36. The summed E-state index contributed by atoms with van der Waals surface area (Å²) in [5.74, 6) is 0.191. The molecular weight excluding hydrogens is 340 g/mol. The molecule has 136 valence electrons. The molecule has 25 heavy (non-hydrogen) atoms. The minimum absolute atomic E-state index is 0.191. The van der Waals surface area contributed by atoms with Gasteiger partial charge in [0, 0.05) is 31.2 Å². The van der Waals surface area contributed by atoms with Gasteiger partial charge < -0.3 is 14.5 Å². The van der Waals surface area contributed by atoms with Crippen molar-refractivity contribution in [1.82, 2.24) is 9.80 Å². The van der Waals surface area contributed by atoms with Gasteiger partial charge in [0.1, 0.15) is 0 Å². The van der Waals surface area contributed by atoms with Gasteiger partial charge >= 0.3 is 6.09 Å². The summed E-state index contributed by atoms with van der Waals surface area (Å²) < 4.78 is 5.05. The maximum Gasteiger partial charge on any atom is 0.409 e. The normalized spacial score (nSPS) is 19.8. The van der Waals surface area contributed by atoms with E-state index in [1.165, 1.54) is 0 Å². The second-order valence-corrected chi connectivity index (χ2v) is 7.21. The molecule has 0 atom stereocenters. The number of halogens is 1. The quantitative estimate of drug-likeness (QED) is 0.825. The van der Waals surface area contributed by atoms with Crippen LogP contribution in [0.3, 0.4) is 0 Å². The number of rotatable bonds is 3. The predicted molar refractivity (Wildman–Crippen MR) is 96.8 cm³/mol. The molecule has 2 amide bonds. The predicted octanol–water partition coefficient (Wildman–Crippen LogP) is 3.45. The van der Waals surface area contributed by atoms with E-state index in [0.29, 0.717) is 37.8 Å². The van der Waals surface area contributed by atoms with Crippen LogP contribution in [0.25, 0.3) is 0 Å². The molecule has 1 aliphatic carbocycles. The first-order valence-corrected chi connectivity index (χ1v) is 9.42. The Morgan fingerprint density at radius 3 is 2.16 bits per heavy atom. The zero-order valence-corrected chi connectivity index (χ0v) is 15.4. The van der Waals surface area contributed by atoms with E-state index in [1.807, 2.05) is 29.2 Å². The molecule has 3 rings (SSSR count). The van der Waals surface area contributed by atoms with Crippen molar-refractivity contribution < 1.29 is 14.3 Å². The first-order valence-electron chi connectivity index (χ1n) is 9.04. The summed E-state index contributed by atoms with van der Waals surface area (Å²) in [5.41, 5.74) is 0.628. The number of amides is 2. The minimum atomic E-state index is -0.434. The van der Waals surface area contributed by atoms with Gasteiger partial charge in [-0.15, -0.1) is 0 Å². The number of carbonyl (C=O) groups is 2. The average Bonchev–Trinajstić information content (AvgIpc) is 3.13. The van der Waals surface area contributed by atoms with Gasteiger partial charge in [0.15, 0.2) is 0 Å². The number of piperazine rings is 1. The molecule has 0 aromatic heterocycles. The molecule has 0 unspecified atom stereocenters. The summed E-state index contributed by atoms with van der Waals surface area (Å²) in [5, 5.41) is 0.687. The summed E-state index contributed by atoms with van der Waals surface area (Å²) in [6, 6.07) is 7.70. The number of hydrogen-bond donors (Lipinski definition) is 0. The van der Waals surface area contributed by atoms with Gasteiger partial charge in [0.25, 0.3) is 0 Å². The lowest BCUT2D eigenvalue weighted by atomic mass is 9.77. The fraction of sp³-hybridized carbons (Fsp3) is 0.579. The molecule has 6 heteroatoms. The van der Waals surface area contributed by atoms with E-state index in [0.717, 1.165) is 31.2 Å². The van der Waals surface area contributed by atoms with Gasteiger partial charge in [-0.1, -0.05) is 36.6 Å². The zero-order valence-electron chi connectivity index (χ0n) is 14.7. The Morgan fingerprint density at radius 2 is 1.60 bits per heavy atom. The highest BCUT2D eigenvalue weighted by Gasteiger charge is 2.45. The molecule has 0 radical (unpaired) electrons. The fourth-order valence-corrected chi connectivity index (χ4v) is 4.11. The second-order valence-electron chi connectivity index (χ2n) is 6.77. The molecule has 1 aromatic carbocycles. The van der Waals surface area contributed by atoms with E-state index in [1.54, 1.807) is 11.8 Å². The summed E-state index contributed by atoms with van der Waals surface area (Å²) in [6.07, 6.45) is 3.61. The lowest BCUT2D eigenvalue weighted by Gasteiger charge is -2.39. The van der Waals surface area contributed by atoms with Crippen molar-refractivity contribution in [1.29, 1.82) is 0 Å². The van der Waals surface area contributed by atoms with Crippen LogP contribution in [0.5, 0.6) is 0 Å². The average molecular weight is 365 g/mol. The molecule has 1 heterocycles. The van der Waals surface area contributed by atoms with Crippen LogP contribution in [-0.2, 0) is 14.9 Å². The lowest BCUT2D eigenvalue weighted by Crippen LogP contribution is -2.55. The van der Waals surface area contributed by atoms with E-state index >= 15 is 0 Å². The first kappa shape index (κ1) is 18.1. The van der Waals surface area contributed by atoms with Crippen molar-refractivity contribution in [3.05, 3.63) is 34.9 Å². The SMILES string of the molecule is CCOC(=O)N1CCN(C(=O)C2(c3ccc(Cl)cc3)CCCC2)CC1. The minimum Gasteiger partial charge on any atom is -0.450 e. The smallest absolute Gasteiger partial charge is 0.409 e. The highest BCUT2D eigenvalue weighted by molar-refractivity contribution is 6.30. The largest absolute Gasteiger partial charge is 0.450 e. The van der Waals surface area contributed by atoms with Crippen molar-refractivity contribution in [3.63, 3.8) is 0 Å². The Hall–Kier alpha value is -1.75. The zero-order chi connectivity index (χ0) is 17.9. The molecular formula is C19H25ClN2O3. The van der Waals surface area contributed by atoms with E-state index in [9.17, 15) is 9.59 Å². The Balaban J connectivity index is 1.72. The number of benzene rings is 1. The molecule has 1 saturated heterocycles. The monoisotopic (exact) mass is 364 g/mol. The van der Waals surface area contributed by atoms with E-state index < -0.39 is 5.41 Å². The van der Waals surface area contributed by atoms with Crippen LogP contribution in [-0.4, -0.2) is 54.6 Å². The third-order valence-corrected chi connectivity index (χ3v) is 5.61. The molecule has 1 aromatic rings. The number of carbonyl (C=O) groups excluding carboxylic acids is 2. The summed E-state index contributed by atoms with van der Waals surface area (Å²) in [6.45, 7) is 4.35. The standard InChI is InChI=1S/C19H25ClN2O3/c1-2-25-18(24)22-13-11-21(12-14-22)17(23)19(9-3-4-10-19)15-5-7-16(20)8-6-15/h5-8H,2-4,9-14H2,1H3. The summed E-state index contributed by atoms with van der Waals surface area (Å²) in [4.78, 5) is 28.8. The Bertz CT molecular complexity index is 618. The van der Waals surface area contributed by atoms with E-state index in [4.69, 9.17) is 16.3 Å². The maximum absolute atomic E-state index is 13.4. The summed E-state index contributed by atoms with van der Waals surface area (Å²) >= 11 is 6.02. The van der Waals surface area contributed by atoms with Crippen LogP contribution < -0.4 is 0 Å². The van der Waals surface area contributed by atoms with Crippen LogP contribution in [0.4, 0.5) is 4.79 Å². The second kappa shape index (κ2) is 7.65. The molecule has 2 aliphatic rings. The summed E-state index contributed by atoms with van der Waals surface area (Å²) in [7, 11) is 0. The highest BCUT2D eigenvalue weighted by atomic mass is 35.5. The number of nitrogens with zero attached hydrogens (tertiary/aromatic N) is 2. The first-order chi connectivity index (χ1) is 12.1. The van der Waals surface area contributed by atoms with Crippen LogP contribution in [0.1, 0.15) is 38.2 Å². The van der Waals surface area contributed by atoms with Crippen LogP contribution >= 0.6 is 11.6 Å². The topological polar surface area (TPSA) is 49.9 Å². The Labute approximate surface area is 153 Å². The third kappa shape index (κ3) is 3.61. The highest BCUT2D eigenvalue weighted by Crippen LogP contribution is 2.43. The fourth-order valence-electron chi connectivity index (χ4n) is 3.98. The lowest BCUT2D eigenvalue weighted by molar-refractivity contribution is -0.139. The van der Waals surface area contributed by atoms with Crippen molar-refractivity contribution in [3.8, 4) is 0 Å². The van der Waals surface area contributed by atoms with Crippen LogP contribution in [0.2, 0.25) is 5.02 Å².